The number of hydrogen-bond donors (Lipinski definition) is 3. The third-order valence-corrected chi connectivity index (χ3v) is 5.36. The largest absolute Gasteiger partial charge is 0.497 e. The number of para-hydroxylation sites is 1. The molecule has 3 heterocycles. The van der Waals surface area contributed by atoms with Gasteiger partial charge in [0, 0.05) is 33.7 Å². The van der Waals surface area contributed by atoms with E-state index in [0.717, 1.165) is 30.7 Å². The topological polar surface area (TPSA) is 52.8 Å². The molecule has 4 heteroatoms. The molecule has 0 amide bonds. The molecular weight excluding hydrogens is 310 g/mol. The first-order valence-electron chi connectivity index (χ1n) is 8.80. The van der Waals surface area contributed by atoms with Crippen molar-refractivity contribution in [3.8, 4) is 5.75 Å². The maximum Gasteiger partial charge on any atom is 0.119 e. The van der Waals surface area contributed by atoms with Gasteiger partial charge in [-0.3, -0.25) is 0 Å². The highest BCUT2D eigenvalue weighted by Crippen LogP contribution is 2.33. The molecule has 0 aliphatic carbocycles. The molecule has 0 radical (unpaired) electrons. The second kappa shape index (κ2) is 5.67. The molecule has 1 unspecified atom stereocenters. The normalized spacial score (nSPS) is 17.1. The van der Waals surface area contributed by atoms with Gasteiger partial charge in [-0.2, -0.15) is 0 Å². The van der Waals surface area contributed by atoms with Gasteiger partial charge < -0.3 is 20.0 Å². The van der Waals surface area contributed by atoms with Gasteiger partial charge in [-0.25, -0.2) is 0 Å². The quantitative estimate of drug-likeness (QED) is 0.530. The van der Waals surface area contributed by atoms with Crippen molar-refractivity contribution in [2.45, 2.75) is 18.9 Å². The molecule has 0 spiro atoms. The number of nitrogens with one attached hydrogen (secondary N) is 3. The molecule has 1 aliphatic heterocycles. The van der Waals surface area contributed by atoms with Crippen molar-refractivity contribution < 1.29 is 4.74 Å². The van der Waals surface area contributed by atoms with E-state index in [1.165, 1.54) is 33.1 Å². The van der Waals surface area contributed by atoms with E-state index >= 15 is 0 Å². The Bertz CT molecular complexity index is 1060. The van der Waals surface area contributed by atoms with Gasteiger partial charge in [0.15, 0.2) is 0 Å². The first kappa shape index (κ1) is 14.6. The van der Waals surface area contributed by atoms with Crippen LogP contribution < -0.4 is 10.1 Å². The minimum atomic E-state index is 0.307. The monoisotopic (exact) mass is 331 g/mol. The van der Waals surface area contributed by atoms with Crippen LogP contribution in [0.4, 0.5) is 0 Å². The summed E-state index contributed by atoms with van der Waals surface area (Å²) in [4.78, 5) is 7.04. The van der Waals surface area contributed by atoms with Crippen molar-refractivity contribution >= 4 is 21.8 Å². The second-order valence-corrected chi connectivity index (χ2v) is 6.75. The van der Waals surface area contributed by atoms with Crippen LogP contribution in [0.1, 0.15) is 22.9 Å². The van der Waals surface area contributed by atoms with Crippen LogP contribution in [0.5, 0.6) is 5.75 Å². The fraction of sp³-hybridized carbons (Fsp3) is 0.238. The van der Waals surface area contributed by atoms with Gasteiger partial charge >= 0.3 is 0 Å². The molecular formula is C21H21N3O. The lowest BCUT2D eigenvalue weighted by Gasteiger charge is -2.24. The predicted molar refractivity (Wildman–Crippen MR) is 101 cm³/mol. The fourth-order valence-electron chi connectivity index (χ4n) is 4.11. The van der Waals surface area contributed by atoms with Crippen molar-refractivity contribution in [3.63, 3.8) is 0 Å². The van der Waals surface area contributed by atoms with Crippen LogP contribution in [0.2, 0.25) is 0 Å². The Kier molecular flexibility index (Phi) is 3.31. The Morgan fingerprint density at radius 3 is 2.92 bits per heavy atom. The molecule has 126 valence electrons. The predicted octanol–water partition coefficient (Wildman–Crippen LogP) is 4.09. The molecule has 0 bridgehead atoms. The van der Waals surface area contributed by atoms with E-state index < -0.39 is 0 Å². The average Bonchev–Trinajstić information content (AvgIpc) is 3.23. The number of aromatic amines is 2. The Labute approximate surface area is 146 Å². The van der Waals surface area contributed by atoms with Gasteiger partial charge in [0.1, 0.15) is 5.75 Å². The Hall–Kier alpha value is -2.72. The van der Waals surface area contributed by atoms with Gasteiger partial charge in [0.25, 0.3) is 0 Å². The molecule has 5 rings (SSSR count). The van der Waals surface area contributed by atoms with Crippen molar-refractivity contribution in [1.29, 1.82) is 0 Å². The fourth-order valence-corrected chi connectivity index (χ4v) is 4.11. The first-order chi connectivity index (χ1) is 12.3. The summed E-state index contributed by atoms with van der Waals surface area (Å²) in [5, 5.41) is 6.30. The van der Waals surface area contributed by atoms with E-state index in [0.29, 0.717) is 6.04 Å². The molecule has 2 aromatic heterocycles. The number of hydrogen-bond acceptors (Lipinski definition) is 2. The van der Waals surface area contributed by atoms with Crippen molar-refractivity contribution in [2.24, 2.45) is 0 Å². The lowest BCUT2D eigenvalue weighted by Crippen LogP contribution is -2.31. The maximum absolute atomic E-state index is 5.40. The van der Waals surface area contributed by atoms with Crippen molar-refractivity contribution in [2.75, 3.05) is 13.7 Å². The highest BCUT2D eigenvalue weighted by atomic mass is 16.5. The van der Waals surface area contributed by atoms with Crippen LogP contribution in [0.25, 0.3) is 21.8 Å². The zero-order chi connectivity index (χ0) is 16.8. The van der Waals surface area contributed by atoms with E-state index in [2.05, 4.69) is 57.9 Å². The number of methoxy groups -OCH3 is 1. The molecule has 3 N–H and O–H groups in total. The summed E-state index contributed by atoms with van der Waals surface area (Å²) >= 11 is 0. The van der Waals surface area contributed by atoms with E-state index in [1.54, 1.807) is 7.11 Å². The van der Waals surface area contributed by atoms with Crippen LogP contribution in [-0.4, -0.2) is 23.6 Å². The van der Waals surface area contributed by atoms with Gasteiger partial charge in [0.05, 0.1) is 13.2 Å². The number of ether oxygens (including phenoxy) is 1. The number of rotatable bonds is 3. The Balaban J connectivity index is 1.56. The SMILES string of the molecule is COc1ccc2[nH]cc(CC3NCCc4c3[nH]c3ccccc43)c2c1. The minimum Gasteiger partial charge on any atom is -0.497 e. The molecule has 0 saturated heterocycles. The Morgan fingerprint density at radius 2 is 2.00 bits per heavy atom. The summed E-state index contributed by atoms with van der Waals surface area (Å²) in [6.07, 6.45) is 4.16. The smallest absolute Gasteiger partial charge is 0.119 e. The summed E-state index contributed by atoms with van der Waals surface area (Å²) in [6, 6.07) is 15.1. The molecule has 0 saturated carbocycles. The summed E-state index contributed by atoms with van der Waals surface area (Å²) in [7, 11) is 1.72. The summed E-state index contributed by atoms with van der Waals surface area (Å²) in [5.41, 5.74) is 6.52. The van der Waals surface area contributed by atoms with Crippen molar-refractivity contribution in [1.82, 2.24) is 15.3 Å². The second-order valence-electron chi connectivity index (χ2n) is 6.75. The molecule has 4 aromatic rings. The average molecular weight is 331 g/mol. The summed E-state index contributed by atoms with van der Waals surface area (Å²) < 4.78 is 5.40. The molecule has 2 aromatic carbocycles. The lowest BCUT2D eigenvalue weighted by molar-refractivity contribution is 0.415. The zero-order valence-electron chi connectivity index (χ0n) is 14.2. The summed E-state index contributed by atoms with van der Waals surface area (Å²) in [6.45, 7) is 1.02. The molecule has 25 heavy (non-hydrogen) atoms. The summed E-state index contributed by atoms with van der Waals surface area (Å²) in [5.74, 6) is 0.899. The molecule has 0 fully saturated rings. The van der Waals surface area contributed by atoms with E-state index in [4.69, 9.17) is 4.74 Å². The molecule has 1 atom stereocenters. The number of benzene rings is 2. The van der Waals surface area contributed by atoms with Crippen LogP contribution in [-0.2, 0) is 12.8 Å². The van der Waals surface area contributed by atoms with Crippen LogP contribution >= 0.6 is 0 Å². The standard InChI is InChI=1S/C21H21N3O/c1-25-14-6-7-18-17(11-14)13(12-23-18)10-20-21-16(8-9-22-20)15-4-2-3-5-19(15)24-21/h2-7,11-12,20,22-24H,8-10H2,1H3. The molecule has 4 nitrogen and oxygen atoms in total. The van der Waals surface area contributed by atoms with E-state index in [9.17, 15) is 0 Å². The molecule has 1 aliphatic rings. The maximum atomic E-state index is 5.40. The van der Waals surface area contributed by atoms with E-state index in [1.807, 2.05) is 6.07 Å². The van der Waals surface area contributed by atoms with Gasteiger partial charge in [0.2, 0.25) is 0 Å². The van der Waals surface area contributed by atoms with Gasteiger partial charge in [-0.05, 0) is 54.8 Å². The number of fused-ring (bicyclic) bond motifs is 4. The van der Waals surface area contributed by atoms with Crippen LogP contribution in [0, 0.1) is 0 Å². The van der Waals surface area contributed by atoms with Gasteiger partial charge in [-0.1, -0.05) is 18.2 Å². The minimum absolute atomic E-state index is 0.307. The van der Waals surface area contributed by atoms with Crippen LogP contribution in [0.15, 0.2) is 48.7 Å². The number of aromatic nitrogens is 2. The van der Waals surface area contributed by atoms with Gasteiger partial charge in [-0.15, -0.1) is 0 Å². The third-order valence-electron chi connectivity index (χ3n) is 5.36. The number of H-pyrrole nitrogens is 2. The third kappa shape index (κ3) is 2.33. The highest BCUT2D eigenvalue weighted by Gasteiger charge is 2.24. The highest BCUT2D eigenvalue weighted by molar-refractivity contribution is 5.86. The lowest BCUT2D eigenvalue weighted by atomic mass is 9.94. The van der Waals surface area contributed by atoms with Crippen molar-refractivity contribution in [3.05, 3.63) is 65.5 Å². The first-order valence-corrected chi connectivity index (χ1v) is 8.80. The van der Waals surface area contributed by atoms with Crippen LogP contribution in [0.3, 0.4) is 0 Å². The van der Waals surface area contributed by atoms with E-state index in [-0.39, 0.29) is 0 Å². The zero-order valence-corrected chi connectivity index (χ0v) is 14.2. The Morgan fingerprint density at radius 1 is 1.08 bits per heavy atom.